The normalized spacial score (nSPS) is 20.2. The summed E-state index contributed by atoms with van der Waals surface area (Å²) in [6, 6.07) is 20.6. The third-order valence-corrected chi connectivity index (χ3v) is 22.1. The van der Waals surface area contributed by atoms with Crippen LogP contribution in [0.5, 0.6) is 0 Å². The van der Waals surface area contributed by atoms with Crippen LogP contribution in [0.1, 0.15) is 270 Å². The van der Waals surface area contributed by atoms with Crippen molar-refractivity contribution in [2.45, 2.75) is 362 Å². The average molecular weight is 1930 g/mol. The summed E-state index contributed by atoms with van der Waals surface area (Å²) < 4.78 is 36.7. The van der Waals surface area contributed by atoms with Gasteiger partial charge in [0, 0.05) is 52.2 Å². The van der Waals surface area contributed by atoms with E-state index in [1.54, 1.807) is 114 Å². The van der Waals surface area contributed by atoms with Crippen molar-refractivity contribution >= 4 is 95.6 Å². The zero-order chi connectivity index (χ0) is 101. The summed E-state index contributed by atoms with van der Waals surface area (Å²) in [6.07, 6.45) is 10.7. The Morgan fingerprint density at radius 2 is 0.574 bits per heavy atom. The average Bonchev–Trinajstić information content (AvgIpc) is 1.64. The zero-order valence-corrected chi connectivity index (χ0v) is 83.7. The highest BCUT2D eigenvalue weighted by Crippen LogP contribution is 2.32. The van der Waals surface area contributed by atoms with Crippen molar-refractivity contribution in [2.75, 3.05) is 45.8 Å². The number of ether oxygens (including phenoxy) is 7. The first-order valence-electron chi connectivity index (χ1n) is 47.0. The molecule has 0 aromatic heterocycles. The highest BCUT2D eigenvalue weighted by atomic mass is 35.5. The van der Waals surface area contributed by atoms with Crippen molar-refractivity contribution in [3.05, 3.63) is 108 Å². The molecule has 11 atom stereocenters. The number of aliphatic carboxylic acids is 3. The maximum Gasteiger partial charge on any atom is 0.411 e. The number of amides is 10. The molecule has 10 rings (SSSR count). The molecule has 0 bridgehead atoms. The van der Waals surface area contributed by atoms with Gasteiger partial charge in [-0.1, -0.05) is 112 Å². The van der Waals surface area contributed by atoms with Gasteiger partial charge in [-0.2, -0.15) is 0 Å². The summed E-state index contributed by atoms with van der Waals surface area (Å²) >= 11 is 0. The maximum atomic E-state index is 13.5. The molecule has 7 aliphatic rings. The number of nitrogens with one attached hydrogen (secondary N) is 3. The Morgan fingerprint density at radius 1 is 0.331 bits per heavy atom. The van der Waals surface area contributed by atoms with E-state index in [2.05, 4.69) is 21.7 Å². The number of benzene rings is 3. The molecule has 136 heavy (non-hydrogen) atoms. The molecule has 10 amide bonds. The van der Waals surface area contributed by atoms with Crippen molar-refractivity contribution in [1.29, 1.82) is 0 Å². The molecule has 0 spiro atoms. The number of quaternary nitrogens is 1. The van der Waals surface area contributed by atoms with E-state index < -0.39 is 143 Å². The number of esters is 3. The molecule has 3 aromatic carbocycles. The van der Waals surface area contributed by atoms with Crippen molar-refractivity contribution in [3.8, 4) is 0 Å². The van der Waals surface area contributed by atoms with E-state index >= 15 is 0 Å². The maximum absolute atomic E-state index is 13.5. The smallest absolute Gasteiger partial charge is 0.411 e. The number of carboxylic acids is 3. The second-order valence-electron chi connectivity index (χ2n) is 40.0. The van der Waals surface area contributed by atoms with Crippen LogP contribution in [0.25, 0.3) is 0 Å². The lowest BCUT2D eigenvalue weighted by molar-refractivity contribution is -0.403. The van der Waals surface area contributed by atoms with Gasteiger partial charge >= 0.3 is 60.2 Å². The van der Waals surface area contributed by atoms with Gasteiger partial charge in [-0.15, -0.1) is 0 Å². The Morgan fingerprint density at radius 3 is 0.868 bits per heavy atom. The molecule has 38 heteroatoms. The fraction of sp³-hybridized carbons (Fsp3) is 0.653. The van der Waals surface area contributed by atoms with Gasteiger partial charge in [0.2, 0.25) is 35.4 Å². The molecule has 7 heterocycles. The van der Waals surface area contributed by atoms with Gasteiger partial charge in [0.05, 0.1) is 0 Å². The lowest BCUT2D eigenvalue weighted by Crippen LogP contribution is -3.00. The van der Waals surface area contributed by atoms with Crippen molar-refractivity contribution in [3.63, 3.8) is 0 Å². The number of rotatable bonds is 21. The number of hydrogen-bond acceptors (Lipinski definition) is 23. The number of piperidine rings is 4. The van der Waals surface area contributed by atoms with Crippen LogP contribution in [0.2, 0.25) is 0 Å². The van der Waals surface area contributed by atoms with Crippen LogP contribution in [0.3, 0.4) is 0 Å². The predicted molar refractivity (Wildman–Crippen MR) is 497 cm³/mol. The van der Waals surface area contributed by atoms with E-state index in [0.717, 1.165) is 80.9 Å². The predicted octanol–water partition coefficient (Wildman–Crippen LogP) is 8.12. The molecule has 7 saturated heterocycles. The number of hydrogen-bond donors (Lipinski definition) is 7. The molecule has 0 unspecified atom stereocenters. The molecule has 760 valence electrons. The Labute approximate surface area is 806 Å². The summed E-state index contributed by atoms with van der Waals surface area (Å²) in [5.74, 6) is -5.98. The molecule has 0 aliphatic carbocycles. The minimum absolute atomic E-state index is 0. The number of halogens is 1. The summed E-state index contributed by atoms with van der Waals surface area (Å²) in [5, 5.41) is 34.8. The Balaban J connectivity index is 0.000000352. The Bertz CT molecular complexity index is 4420. The molecule has 3 aromatic rings. The van der Waals surface area contributed by atoms with Crippen LogP contribution >= 0.6 is 0 Å². The quantitative estimate of drug-likeness (QED) is 0.0391. The van der Waals surface area contributed by atoms with Crippen LogP contribution in [-0.2, 0) is 111 Å². The second-order valence-corrected chi connectivity index (χ2v) is 40.0. The number of nitrogens with zero attached hydrogens (tertiary/aromatic N) is 7. The van der Waals surface area contributed by atoms with Crippen LogP contribution in [0.4, 0.5) is 19.2 Å². The number of carbonyl (C=O) groups excluding carboxylic acids is 13. The fourth-order valence-corrected chi connectivity index (χ4v) is 15.5. The topological polar surface area (TPSA) is 485 Å². The lowest BCUT2D eigenvalue weighted by atomic mass is 9.91. The van der Waals surface area contributed by atoms with E-state index in [-0.39, 0.29) is 72.6 Å². The van der Waals surface area contributed by atoms with Gasteiger partial charge in [0.1, 0.15) is 103 Å². The van der Waals surface area contributed by atoms with Crippen molar-refractivity contribution in [2.24, 2.45) is 5.41 Å². The minimum Gasteiger partial charge on any atom is -1.00 e. The second kappa shape index (κ2) is 55.1. The van der Waals surface area contributed by atoms with Crippen molar-refractivity contribution in [1.82, 2.24) is 50.2 Å². The molecular formula is C98H150ClN11O26. The van der Waals surface area contributed by atoms with E-state index in [0.29, 0.717) is 110 Å². The Kier molecular flexibility index (Phi) is 47.4. The van der Waals surface area contributed by atoms with Crippen LogP contribution in [0, 0.1) is 5.41 Å². The van der Waals surface area contributed by atoms with Crippen LogP contribution < -0.4 is 34.1 Å². The van der Waals surface area contributed by atoms with Crippen LogP contribution in [0.15, 0.2) is 91.0 Å². The molecular weight excluding hydrogens is 1780 g/mol. The van der Waals surface area contributed by atoms with Crippen LogP contribution in [-0.4, -0.2) is 280 Å². The number of carboxylic acid groups (broad SMARTS) is 3. The summed E-state index contributed by atoms with van der Waals surface area (Å²) in [7, 11) is 0. The molecule has 9 N–H and O–H groups in total. The molecule has 0 radical (unpaired) electrons. The standard InChI is InChI=1S/C27H39N3O5.C21H30N2O5.C19H31N3O6.C11H19NO4.C10H17NO4.C10H13NO2.ClH/c1-19(26(34)35-18-20-11-6-5-7-12-20)28-24(32)21-13-8-9-15-30(21)25(33)22-14-10-16-29(22)23(31)17-27(2,3)4;1-15(19(25)27-14-16-10-6-5-7-11-16)22-18(24)17-12-8-9-13-23(17)20(26)28-21(2,3)4;1-12(17(25)26)20-15(23)13-8-5-6-10-21(13)16(24)14-9-7-11-22(14)18(27)28-19(2,3)4;1-11(2,3)16-10(15)12-7-5-4-6-8(12)9(13)14;1-10(2,3)15-9(14)11-6-4-5-7(11)8(12)13;1-8(11)10(12)13-7-9-5-3-2-4-6-9;/h5-7,11-12,19,21-22H,8-10,13-18H2,1-4H3,(H,28,32);5-7,10-11,15,17H,8-9,12-14H2,1-4H3,(H,22,24);12-14H,5-11H2,1-4H3,(H,20,23)(H,25,26);8H,4-7H2,1-3H3,(H,13,14);7H,4-6H2,1-3H3,(H,12,13);2-6,8H,7,11H2,1H3;1H/t19-,21-,22-;15-,17-;12-,13-,14-;8-;7-;8-;/m000000./s1. The van der Waals surface area contributed by atoms with Gasteiger partial charge in [-0.3, -0.25) is 53.2 Å². The molecule has 37 nitrogen and oxygen atoms in total. The highest BCUT2D eigenvalue weighted by Gasteiger charge is 2.46. The lowest BCUT2D eigenvalue weighted by Gasteiger charge is -2.38. The summed E-state index contributed by atoms with van der Waals surface area (Å²) in [4.78, 5) is 205. The molecule has 7 fully saturated rings. The first kappa shape index (κ1) is 117. The van der Waals surface area contributed by atoms with E-state index in [4.69, 9.17) is 48.5 Å². The molecule has 0 saturated carbocycles. The van der Waals surface area contributed by atoms with E-state index in [1.807, 2.05) is 112 Å². The fourth-order valence-electron chi connectivity index (χ4n) is 15.5. The first-order valence-corrected chi connectivity index (χ1v) is 47.0. The van der Waals surface area contributed by atoms with E-state index in [1.165, 1.54) is 31.4 Å². The summed E-state index contributed by atoms with van der Waals surface area (Å²) in [6.45, 7) is 37.4. The SMILES string of the molecule is CC(C)(C)OC(=O)N1CCCC[C@H]1C(=O)O.CC(C)(C)OC(=O)N1CCC[C@H]1C(=O)O.C[C@H](NC(=O)[C@@H]1CCCCN1C(=O)OC(C)(C)C)C(=O)OCc1ccccc1.C[C@H](NC(=O)[C@@H]1CCCCN1C(=O)[C@@H]1CCCN1C(=O)CC(C)(C)C)C(=O)OCc1ccccc1.C[C@H](NC(=O)[C@@H]1CCCCN1C(=O)[C@@H]1CCCN1C(=O)OC(C)(C)C)C(=O)O.C[C@H]([NH3+])C(=O)OCc1ccccc1.[Cl-]. The number of likely N-dealkylation sites (tertiary alicyclic amines) is 7. The largest absolute Gasteiger partial charge is 1.00 e. The third-order valence-electron chi connectivity index (χ3n) is 22.1. The third kappa shape index (κ3) is 40.9. The number of carbonyl (C=O) groups is 16. The highest BCUT2D eigenvalue weighted by molar-refractivity contribution is 5.96. The summed E-state index contributed by atoms with van der Waals surface area (Å²) in [5.41, 5.74) is 3.69. The zero-order valence-electron chi connectivity index (χ0n) is 83.0. The van der Waals surface area contributed by atoms with Gasteiger partial charge in [0.15, 0.2) is 6.04 Å². The van der Waals surface area contributed by atoms with Gasteiger partial charge in [-0.05, 0) is 248 Å². The molecule has 7 aliphatic heterocycles. The van der Waals surface area contributed by atoms with E-state index in [9.17, 15) is 76.7 Å². The van der Waals surface area contributed by atoms with Gasteiger partial charge in [-0.25, -0.2) is 43.2 Å². The monoisotopic (exact) mass is 1930 g/mol. The first-order chi connectivity index (χ1) is 63.1. The van der Waals surface area contributed by atoms with Gasteiger partial charge in [0.25, 0.3) is 0 Å². The van der Waals surface area contributed by atoms with Crippen molar-refractivity contribution < 1.29 is 143 Å². The van der Waals surface area contributed by atoms with Gasteiger partial charge < -0.3 is 97.3 Å². The Hall–Kier alpha value is -11.4. The minimum atomic E-state index is -1.13.